The maximum atomic E-state index is 12.0. The van der Waals surface area contributed by atoms with Crippen LogP contribution in [0.2, 0.25) is 0 Å². The molecule has 0 spiro atoms. The molecule has 1 aromatic carbocycles. The molecule has 1 N–H and O–H groups in total. The zero-order valence-corrected chi connectivity index (χ0v) is 13.6. The number of thioether (sulfide) groups is 1. The normalized spacial score (nSPS) is 12.2. The van der Waals surface area contributed by atoms with Crippen LogP contribution in [-0.4, -0.2) is 16.3 Å². The van der Waals surface area contributed by atoms with Gasteiger partial charge in [0.2, 0.25) is 5.91 Å². The van der Waals surface area contributed by atoms with Gasteiger partial charge in [0, 0.05) is 16.3 Å². The predicted molar refractivity (Wildman–Crippen MR) is 84.8 cm³/mol. The molecule has 106 valence electrons. The predicted octanol–water partition coefficient (Wildman–Crippen LogP) is 4.01. The van der Waals surface area contributed by atoms with E-state index in [0.29, 0.717) is 11.6 Å². The minimum absolute atomic E-state index is 0.0710. The smallest absolute Gasteiger partial charge is 0.238 e. The van der Waals surface area contributed by atoms with Gasteiger partial charge in [0.25, 0.3) is 0 Å². The van der Waals surface area contributed by atoms with Crippen molar-refractivity contribution in [1.29, 1.82) is 0 Å². The molecule has 2 aromatic rings. The van der Waals surface area contributed by atoms with Crippen molar-refractivity contribution in [2.24, 2.45) is 0 Å². The first-order chi connectivity index (χ1) is 9.54. The summed E-state index contributed by atoms with van der Waals surface area (Å²) in [5, 5.41) is 6.32. The van der Waals surface area contributed by atoms with Crippen LogP contribution in [0.25, 0.3) is 0 Å². The number of amides is 1. The van der Waals surface area contributed by atoms with E-state index in [4.69, 9.17) is 4.52 Å². The van der Waals surface area contributed by atoms with Gasteiger partial charge >= 0.3 is 0 Å². The molecule has 0 aliphatic heterocycles. The molecule has 0 saturated carbocycles. The van der Waals surface area contributed by atoms with Crippen LogP contribution in [0.4, 0.5) is 5.82 Å². The van der Waals surface area contributed by atoms with E-state index in [1.165, 1.54) is 5.56 Å². The van der Waals surface area contributed by atoms with Crippen LogP contribution in [0.5, 0.6) is 0 Å². The van der Waals surface area contributed by atoms with Crippen molar-refractivity contribution in [2.75, 3.05) is 5.32 Å². The maximum absolute atomic E-state index is 12.0. The average molecular weight is 355 g/mol. The zero-order chi connectivity index (χ0) is 14.5. The largest absolute Gasteiger partial charge is 0.360 e. The lowest BCUT2D eigenvalue weighted by Gasteiger charge is -2.10. The van der Waals surface area contributed by atoms with Crippen LogP contribution in [0.15, 0.2) is 39.3 Å². The van der Waals surface area contributed by atoms with Crippen LogP contribution in [0.3, 0.4) is 0 Å². The standard InChI is InChI=1S/C14H15BrN2O2S/c1-9-6-13(17-19-9)16-14(18)10(2)20-8-11-4-3-5-12(15)7-11/h3-7,10H,8H2,1-2H3,(H,16,17,18). The number of hydrogen-bond acceptors (Lipinski definition) is 4. The fourth-order valence-corrected chi connectivity index (χ4v) is 2.86. The second-order valence-corrected chi connectivity index (χ2v) is 6.64. The summed E-state index contributed by atoms with van der Waals surface area (Å²) in [4.78, 5) is 12.0. The van der Waals surface area contributed by atoms with E-state index >= 15 is 0 Å². The van der Waals surface area contributed by atoms with Crippen molar-refractivity contribution in [3.05, 3.63) is 46.1 Å². The molecule has 2 rings (SSSR count). The first-order valence-corrected chi connectivity index (χ1v) is 7.99. The minimum Gasteiger partial charge on any atom is -0.360 e. The number of aryl methyl sites for hydroxylation is 1. The zero-order valence-electron chi connectivity index (χ0n) is 11.2. The monoisotopic (exact) mass is 354 g/mol. The summed E-state index contributed by atoms with van der Waals surface area (Å²) in [6.45, 7) is 3.67. The van der Waals surface area contributed by atoms with E-state index < -0.39 is 0 Å². The quantitative estimate of drug-likeness (QED) is 0.881. The van der Waals surface area contributed by atoms with Crippen LogP contribution in [0.1, 0.15) is 18.2 Å². The first kappa shape index (κ1) is 15.1. The molecule has 4 nitrogen and oxygen atoms in total. The number of nitrogens with one attached hydrogen (secondary N) is 1. The van der Waals surface area contributed by atoms with E-state index in [2.05, 4.69) is 32.5 Å². The average Bonchev–Trinajstić information content (AvgIpc) is 2.81. The molecular formula is C14H15BrN2O2S. The summed E-state index contributed by atoms with van der Waals surface area (Å²) < 4.78 is 5.96. The van der Waals surface area contributed by atoms with Gasteiger partial charge in [-0.3, -0.25) is 4.79 Å². The molecule has 0 fully saturated rings. The number of anilines is 1. The van der Waals surface area contributed by atoms with Gasteiger partial charge in [-0.2, -0.15) is 0 Å². The van der Waals surface area contributed by atoms with Crippen molar-refractivity contribution >= 4 is 39.4 Å². The lowest BCUT2D eigenvalue weighted by molar-refractivity contribution is -0.115. The Hall–Kier alpha value is -1.27. The fourth-order valence-electron chi connectivity index (χ4n) is 1.58. The van der Waals surface area contributed by atoms with Crippen LogP contribution >= 0.6 is 27.7 Å². The van der Waals surface area contributed by atoms with Crippen molar-refractivity contribution in [1.82, 2.24) is 5.16 Å². The highest BCUT2D eigenvalue weighted by atomic mass is 79.9. The van der Waals surface area contributed by atoms with Crippen molar-refractivity contribution in [2.45, 2.75) is 24.9 Å². The Morgan fingerprint density at radius 3 is 2.95 bits per heavy atom. The number of rotatable bonds is 5. The third kappa shape index (κ3) is 4.38. The van der Waals surface area contributed by atoms with Gasteiger partial charge in [0.1, 0.15) is 5.76 Å². The van der Waals surface area contributed by atoms with Crippen molar-refractivity contribution < 1.29 is 9.32 Å². The molecule has 0 aliphatic carbocycles. The Bertz CT molecular complexity index is 600. The summed E-state index contributed by atoms with van der Waals surface area (Å²) in [7, 11) is 0. The third-order valence-electron chi connectivity index (χ3n) is 2.64. The van der Waals surface area contributed by atoms with Crippen molar-refractivity contribution in [3.8, 4) is 0 Å². The second kappa shape index (κ2) is 6.95. The molecule has 0 saturated heterocycles. The summed E-state index contributed by atoms with van der Waals surface area (Å²) in [6.07, 6.45) is 0. The molecule has 1 amide bonds. The summed E-state index contributed by atoms with van der Waals surface area (Å²) in [5.41, 5.74) is 1.18. The molecule has 0 aliphatic rings. The lowest BCUT2D eigenvalue weighted by Crippen LogP contribution is -2.22. The van der Waals surface area contributed by atoms with Crippen LogP contribution < -0.4 is 5.32 Å². The number of carbonyl (C=O) groups is 1. The highest BCUT2D eigenvalue weighted by Gasteiger charge is 2.15. The lowest BCUT2D eigenvalue weighted by atomic mass is 10.2. The number of benzene rings is 1. The van der Waals surface area contributed by atoms with E-state index in [0.717, 1.165) is 10.2 Å². The molecule has 1 aromatic heterocycles. The SMILES string of the molecule is Cc1cc(NC(=O)C(C)SCc2cccc(Br)c2)no1. The molecule has 1 unspecified atom stereocenters. The van der Waals surface area contributed by atoms with Gasteiger partial charge in [-0.15, -0.1) is 11.8 Å². The van der Waals surface area contributed by atoms with Gasteiger partial charge in [-0.1, -0.05) is 33.2 Å². The van der Waals surface area contributed by atoms with Crippen molar-refractivity contribution in [3.63, 3.8) is 0 Å². The summed E-state index contributed by atoms with van der Waals surface area (Å²) in [5.74, 6) is 1.85. The summed E-state index contributed by atoms with van der Waals surface area (Å²) in [6, 6.07) is 9.77. The highest BCUT2D eigenvalue weighted by molar-refractivity contribution is 9.10. The maximum Gasteiger partial charge on any atom is 0.238 e. The molecule has 0 bridgehead atoms. The highest BCUT2D eigenvalue weighted by Crippen LogP contribution is 2.21. The van der Waals surface area contributed by atoms with Gasteiger partial charge in [0.15, 0.2) is 5.82 Å². The Kier molecular flexibility index (Phi) is 5.25. The Labute approximate surface area is 130 Å². The van der Waals surface area contributed by atoms with Gasteiger partial charge in [0.05, 0.1) is 5.25 Å². The Morgan fingerprint density at radius 2 is 2.30 bits per heavy atom. The topological polar surface area (TPSA) is 55.1 Å². The van der Waals surface area contributed by atoms with Crippen LogP contribution in [0, 0.1) is 6.92 Å². The van der Waals surface area contributed by atoms with Crippen LogP contribution in [-0.2, 0) is 10.5 Å². The van der Waals surface area contributed by atoms with Gasteiger partial charge in [-0.05, 0) is 31.5 Å². The second-order valence-electron chi connectivity index (χ2n) is 4.40. The number of nitrogens with zero attached hydrogens (tertiary/aromatic N) is 1. The molecule has 20 heavy (non-hydrogen) atoms. The van der Waals surface area contributed by atoms with E-state index in [9.17, 15) is 4.79 Å². The molecular weight excluding hydrogens is 340 g/mol. The van der Waals surface area contributed by atoms with Gasteiger partial charge in [-0.25, -0.2) is 0 Å². The minimum atomic E-state index is -0.161. The third-order valence-corrected chi connectivity index (χ3v) is 4.34. The summed E-state index contributed by atoms with van der Waals surface area (Å²) >= 11 is 5.02. The molecule has 1 heterocycles. The van der Waals surface area contributed by atoms with E-state index in [1.54, 1.807) is 24.8 Å². The number of halogens is 1. The molecule has 0 radical (unpaired) electrons. The first-order valence-electron chi connectivity index (χ1n) is 6.15. The number of carbonyl (C=O) groups excluding carboxylic acids is 1. The number of hydrogen-bond donors (Lipinski definition) is 1. The van der Waals surface area contributed by atoms with E-state index in [1.807, 2.05) is 25.1 Å². The molecule has 6 heteroatoms. The Balaban J connectivity index is 1.85. The van der Waals surface area contributed by atoms with Gasteiger partial charge < -0.3 is 9.84 Å². The Morgan fingerprint density at radius 1 is 1.50 bits per heavy atom. The number of aromatic nitrogens is 1. The molecule has 1 atom stereocenters. The van der Waals surface area contributed by atoms with E-state index in [-0.39, 0.29) is 11.2 Å². The fraction of sp³-hybridized carbons (Fsp3) is 0.286.